The number of hydrogen-bond acceptors (Lipinski definition) is 6. The Bertz CT molecular complexity index is 1690. The Morgan fingerprint density at radius 1 is 0.660 bits per heavy atom. The van der Waals surface area contributed by atoms with Gasteiger partial charge >= 0.3 is 5.97 Å². The topological polar surface area (TPSA) is 60.4 Å². The molecule has 1 aliphatic carbocycles. The predicted molar refractivity (Wildman–Crippen MR) is 192 cm³/mol. The fourth-order valence-corrected chi connectivity index (χ4v) is 7.80. The van der Waals surface area contributed by atoms with Gasteiger partial charge in [0.1, 0.15) is 5.75 Å². The van der Waals surface area contributed by atoms with Crippen LogP contribution in [0.25, 0.3) is 0 Å². The normalized spacial score (nSPS) is 12.3. The average Bonchev–Trinajstić information content (AvgIpc) is 3.06. The molecule has 0 heterocycles. The largest absolute Gasteiger partial charge is 0.427 e. The molecule has 0 atom stereocenters. The lowest BCUT2D eigenvalue weighted by molar-refractivity contribution is -0.134. The van der Waals surface area contributed by atoms with Crippen molar-refractivity contribution in [2.24, 2.45) is 5.92 Å². The van der Waals surface area contributed by atoms with Gasteiger partial charge in [0, 0.05) is 48.3 Å². The van der Waals surface area contributed by atoms with Crippen LogP contribution >= 0.6 is 23.5 Å². The molecule has 0 N–H and O–H groups in total. The van der Waals surface area contributed by atoms with Crippen LogP contribution in [0.15, 0.2) is 105 Å². The summed E-state index contributed by atoms with van der Waals surface area (Å²) in [6.45, 7) is 6.53. The molecule has 47 heavy (non-hydrogen) atoms. The van der Waals surface area contributed by atoms with Crippen LogP contribution in [0.2, 0.25) is 0 Å². The Morgan fingerprint density at radius 2 is 1.19 bits per heavy atom. The van der Waals surface area contributed by atoms with Crippen LogP contribution in [0.5, 0.6) is 5.75 Å². The minimum Gasteiger partial charge on any atom is -0.427 e. The van der Waals surface area contributed by atoms with E-state index < -0.39 is 0 Å². The average molecular weight is 665 g/mol. The first-order valence-corrected chi connectivity index (χ1v) is 18.6. The molecular formula is C41H44O4S2. The van der Waals surface area contributed by atoms with Crippen LogP contribution in [0.4, 0.5) is 0 Å². The highest BCUT2D eigenvalue weighted by Crippen LogP contribution is 2.41. The van der Waals surface area contributed by atoms with E-state index in [0.717, 1.165) is 38.8 Å². The third-order valence-corrected chi connectivity index (χ3v) is 10.5. The van der Waals surface area contributed by atoms with Crippen molar-refractivity contribution in [1.82, 2.24) is 0 Å². The number of ketones is 2. The smallest absolute Gasteiger partial charge is 0.311 e. The molecular weight excluding hydrogens is 621 g/mol. The number of fused-ring (bicyclic) bond motifs is 2. The van der Waals surface area contributed by atoms with Crippen molar-refractivity contribution in [3.63, 3.8) is 0 Å². The van der Waals surface area contributed by atoms with Crippen LogP contribution in [-0.2, 0) is 11.2 Å². The van der Waals surface area contributed by atoms with Crippen LogP contribution < -0.4 is 4.74 Å². The van der Waals surface area contributed by atoms with Crippen molar-refractivity contribution in [2.75, 3.05) is 0 Å². The van der Waals surface area contributed by atoms with Gasteiger partial charge in [-0.15, -0.1) is 0 Å². The first-order chi connectivity index (χ1) is 22.8. The Kier molecular flexibility index (Phi) is 12.5. The SMILES string of the molecule is CCCCCCCCc1ccc(Sc2cccc3c2C(=O)c2cccc(Sc4ccc(OC(=O)CCCC(C)C)cc4)c2C3=O)cc1. The van der Waals surface area contributed by atoms with E-state index >= 15 is 0 Å². The quantitative estimate of drug-likeness (QED) is 0.0594. The van der Waals surface area contributed by atoms with Crippen LogP contribution in [0.1, 0.15) is 116 Å². The molecule has 0 saturated carbocycles. The van der Waals surface area contributed by atoms with Gasteiger partial charge in [-0.3, -0.25) is 14.4 Å². The molecule has 244 valence electrons. The van der Waals surface area contributed by atoms with Gasteiger partial charge in [0.05, 0.1) is 0 Å². The summed E-state index contributed by atoms with van der Waals surface area (Å²) in [6, 6.07) is 26.9. The zero-order valence-electron chi connectivity index (χ0n) is 27.7. The second-order valence-electron chi connectivity index (χ2n) is 12.6. The molecule has 0 bridgehead atoms. The van der Waals surface area contributed by atoms with Crippen molar-refractivity contribution in [2.45, 2.75) is 105 Å². The second kappa shape index (κ2) is 17.0. The molecule has 0 amide bonds. The van der Waals surface area contributed by atoms with Gasteiger partial charge in [-0.25, -0.2) is 0 Å². The molecule has 6 heteroatoms. The van der Waals surface area contributed by atoms with Gasteiger partial charge in [0.15, 0.2) is 11.6 Å². The van der Waals surface area contributed by atoms with E-state index in [9.17, 15) is 14.4 Å². The van der Waals surface area contributed by atoms with E-state index in [-0.39, 0.29) is 17.5 Å². The Hall–Kier alpha value is -3.61. The van der Waals surface area contributed by atoms with Gasteiger partial charge < -0.3 is 4.74 Å². The van der Waals surface area contributed by atoms with Crippen molar-refractivity contribution in [3.05, 3.63) is 113 Å². The van der Waals surface area contributed by atoms with E-state index in [1.165, 1.54) is 67.6 Å². The van der Waals surface area contributed by atoms with Crippen molar-refractivity contribution in [3.8, 4) is 5.75 Å². The number of carbonyl (C=O) groups excluding carboxylic acids is 3. The molecule has 0 aromatic heterocycles. The molecule has 0 unspecified atom stereocenters. The summed E-state index contributed by atoms with van der Waals surface area (Å²) in [5, 5.41) is 0. The molecule has 4 aromatic rings. The van der Waals surface area contributed by atoms with Crippen LogP contribution in [0.3, 0.4) is 0 Å². The van der Waals surface area contributed by atoms with Crippen LogP contribution in [0, 0.1) is 5.92 Å². The first kappa shape index (κ1) is 34.7. The lowest BCUT2D eigenvalue weighted by atomic mass is 9.84. The standard InChI is InChI=1S/C41H44O4S2/c1-4-5-6-7-8-9-14-29-20-24-31(25-21-29)46-35-17-11-15-33-38(35)40(43)34-16-12-18-36(39(34)41(33)44)47-32-26-22-30(23-27-32)45-37(42)19-10-13-28(2)3/h11-12,15-18,20-28H,4-10,13-14,19H2,1-3H3. The van der Waals surface area contributed by atoms with Gasteiger partial charge in [0.25, 0.3) is 0 Å². The van der Waals surface area contributed by atoms with E-state index in [0.29, 0.717) is 40.3 Å². The molecule has 5 rings (SSSR count). The summed E-state index contributed by atoms with van der Waals surface area (Å²) >= 11 is 2.96. The maximum Gasteiger partial charge on any atom is 0.311 e. The summed E-state index contributed by atoms with van der Waals surface area (Å²) in [6.07, 6.45) is 11.0. The molecule has 0 radical (unpaired) electrons. The van der Waals surface area contributed by atoms with Gasteiger partial charge in [-0.05, 0) is 79.3 Å². The Morgan fingerprint density at radius 3 is 1.74 bits per heavy atom. The summed E-state index contributed by atoms with van der Waals surface area (Å²) in [5.74, 6) is 0.559. The summed E-state index contributed by atoms with van der Waals surface area (Å²) in [7, 11) is 0. The molecule has 0 spiro atoms. The Labute approximate surface area is 288 Å². The maximum absolute atomic E-state index is 14.0. The highest BCUT2D eigenvalue weighted by molar-refractivity contribution is 7.99. The number of ether oxygens (including phenoxy) is 1. The highest BCUT2D eigenvalue weighted by atomic mass is 32.2. The molecule has 4 nitrogen and oxygen atoms in total. The lowest BCUT2D eigenvalue weighted by Gasteiger charge is -2.22. The minimum absolute atomic E-state index is 0.125. The fourth-order valence-electron chi connectivity index (χ4n) is 5.85. The third-order valence-electron chi connectivity index (χ3n) is 8.41. The molecule has 4 aromatic carbocycles. The van der Waals surface area contributed by atoms with Gasteiger partial charge in [0.2, 0.25) is 0 Å². The van der Waals surface area contributed by atoms with E-state index in [1.807, 2.05) is 36.4 Å². The molecule has 0 aliphatic heterocycles. The van der Waals surface area contributed by atoms with E-state index in [2.05, 4.69) is 45.0 Å². The molecule has 1 aliphatic rings. The van der Waals surface area contributed by atoms with E-state index in [4.69, 9.17) is 4.74 Å². The van der Waals surface area contributed by atoms with Crippen molar-refractivity contribution < 1.29 is 19.1 Å². The fraction of sp³-hybridized carbons (Fsp3) is 0.341. The number of aryl methyl sites for hydroxylation is 1. The minimum atomic E-state index is -0.232. The second-order valence-corrected chi connectivity index (χ2v) is 14.8. The molecule has 0 fully saturated rings. The zero-order chi connectivity index (χ0) is 33.2. The number of rotatable bonds is 16. The third kappa shape index (κ3) is 9.27. The van der Waals surface area contributed by atoms with Crippen LogP contribution in [-0.4, -0.2) is 17.5 Å². The monoisotopic (exact) mass is 664 g/mol. The summed E-state index contributed by atoms with van der Waals surface area (Å²) in [5.41, 5.74) is 3.13. The van der Waals surface area contributed by atoms with E-state index in [1.54, 1.807) is 24.3 Å². The zero-order valence-corrected chi connectivity index (χ0v) is 29.3. The van der Waals surface area contributed by atoms with Gasteiger partial charge in [-0.1, -0.05) is 119 Å². The first-order valence-electron chi connectivity index (χ1n) is 16.9. The van der Waals surface area contributed by atoms with Crippen molar-refractivity contribution in [1.29, 1.82) is 0 Å². The number of esters is 1. The summed E-state index contributed by atoms with van der Waals surface area (Å²) in [4.78, 5) is 43.6. The summed E-state index contributed by atoms with van der Waals surface area (Å²) < 4.78 is 5.50. The lowest BCUT2D eigenvalue weighted by Crippen LogP contribution is -2.22. The number of hydrogen-bond donors (Lipinski definition) is 0. The number of carbonyl (C=O) groups is 3. The van der Waals surface area contributed by atoms with Crippen molar-refractivity contribution >= 4 is 41.1 Å². The highest BCUT2D eigenvalue weighted by Gasteiger charge is 2.33. The maximum atomic E-state index is 14.0. The Balaban J connectivity index is 1.26. The number of unbranched alkanes of at least 4 members (excludes halogenated alkanes) is 5. The number of benzene rings is 4. The molecule has 0 saturated heterocycles. The predicted octanol–water partition coefficient (Wildman–Crippen LogP) is 11.4. The van der Waals surface area contributed by atoms with Gasteiger partial charge in [-0.2, -0.15) is 0 Å².